The van der Waals surface area contributed by atoms with E-state index in [0.717, 1.165) is 12.2 Å². The van der Waals surface area contributed by atoms with Crippen molar-refractivity contribution in [3.63, 3.8) is 0 Å². The molecule has 1 aliphatic rings. The minimum absolute atomic E-state index is 0.474. The van der Waals surface area contributed by atoms with E-state index in [9.17, 15) is 0 Å². The Morgan fingerprint density at radius 2 is 2.40 bits per heavy atom. The van der Waals surface area contributed by atoms with E-state index in [1.165, 1.54) is 0 Å². The van der Waals surface area contributed by atoms with Gasteiger partial charge in [-0.25, -0.2) is 0 Å². The lowest BCUT2D eigenvalue weighted by Gasteiger charge is -2.17. The fourth-order valence-corrected chi connectivity index (χ4v) is 0.803. The van der Waals surface area contributed by atoms with Gasteiger partial charge in [0.05, 0.1) is 0 Å². The molecule has 56 valence electrons. The van der Waals surface area contributed by atoms with Gasteiger partial charge in [-0.05, 0) is 0 Å². The minimum atomic E-state index is -0.474. The SMILES string of the molecule is C=CCC1=COC(C)(C)O1. The topological polar surface area (TPSA) is 18.5 Å². The third kappa shape index (κ3) is 1.53. The van der Waals surface area contributed by atoms with Crippen LogP contribution in [0.25, 0.3) is 0 Å². The number of hydrogen-bond donors (Lipinski definition) is 0. The van der Waals surface area contributed by atoms with Crippen molar-refractivity contribution < 1.29 is 9.47 Å². The first-order chi connectivity index (χ1) is 4.64. The molecule has 2 heteroatoms. The van der Waals surface area contributed by atoms with Crippen molar-refractivity contribution in [1.82, 2.24) is 0 Å². The molecular weight excluding hydrogens is 128 g/mol. The number of rotatable bonds is 2. The summed E-state index contributed by atoms with van der Waals surface area (Å²) in [6.45, 7) is 7.34. The molecule has 0 aromatic rings. The Morgan fingerprint density at radius 1 is 1.70 bits per heavy atom. The summed E-state index contributed by atoms with van der Waals surface area (Å²) in [5, 5.41) is 0. The summed E-state index contributed by atoms with van der Waals surface area (Å²) in [4.78, 5) is 0. The van der Waals surface area contributed by atoms with Crippen molar-refractivity contribution in [2.45, 2.75) is 26.1 Å². The standard InChI is InChI=1S/C8H12O2/c1-4-5-7-6-9-8(2,3)10-7/h4,6H,1,5H2,2-3H3. The van der Waals surface area contributed by atoms with E-state index >= 15 is 0 Å². The Bertz CT molecular complexity index is 168. The molecule has 0 bridgehead atoms. The predicted octanol–water partition coefficient (Wildman–Crippen LogP) is 2.19. The molecule has 0 radical (unpaired) electrons. The predicted molar refractivity (Wildman–Crippen MR) is 39.1 cm³/mol. The second-order valence-electron chi connectivity index (χ2n) is 2.70. The molecule has 1 aliphatic heterocycles. The van der Waals surface area contributed by atoms with Crippen LogP contribution in [0.4, 0.5) is 0 Å². The first-order valence-corrected chi connectivity index (χ1v) is 3.31. The van der Waals surface area contributed by atoms with Crippen LogP contribution in [0, 0.1) is 0 Å². The van der Waals surface area contributed by atoms with Gasteiger partial charge in [-0.1, -0.05) is 6.08 Å². The van der Waals surface area contributed by atoms with Gasteiger partial charge >= 0.3 is 0 Å². The van der Waals surface area contributed by atoms with Crippen molar-refractivity contribution in [3.05, 3.63) is 24.7 Å². The van der Waals surface area contributed by atoms with Gasteiger partial charge in [0.2, 0.25) is 5.79 Å². The monoisotopic (exact) mass is 140 g/mol. The molecule has 0 unspecified atom stereocenters. The van der Waals surface area contributed by atoms with Crippen LogP contribution >= 0.6 is 0 Å². The molecule has 0 aliphatic carbocycles. The summed E-state index contributed by atoms with van der Waals surface area (Å²) in [6, 6.07) is 0. The summed E-state index contributed by atoms with van der Waals surface area (Å²) in [6.07, 6.45) is 4.17. The van der Waals surface area contributed by atoms with Crippen molar-refractivity contribution in [2.24, 2.45) is 0 Å². The lowest BCUT2D eigenvalue weighted by Crippen LogP contribution is -2.20. The van der Waals surface area contributed by atoms with Gasteiger partial charge in [0, 0.05) is 20.3 Å². The van der Waals surface area contributed by atoms with E-state index in [0.29, 0.717) is 0 Å². The van der Waals surface area contributed by atoms with Gasteiger partial charge in [0.1, 0.15) is 12.0 Å². The average Bonchev–Trinajstić information content (AvgIpc) is 2.12. The smallest absolute Gasteiger partial charge is 0.244 e. The maximum Gasteiger partial charge on any atom is 0.244 e. The number of allylic oxidation sites excluding steroid dienone is 1. The molecular formula is C8H12O2. The zero-order chi connectivity index (χ0) is 7.61. The summed E-state index contributed by atoms with van der Waals surface area (Å²) < 4.78 is 10.5. The Kier molecular flexibility index (Phi) is 1.70. The molecule has 0 atom stereocenters. The van der Waals surface area contributed by atoms with Crippen LogP contribution in [-0.2, 0) is 9.47 Å². The summed E-state index contributed by atoms with van der Waals surface area (Å²) >= 11 is 0. The molecule has 1 rings (SSSR count). The summed E-state index contributed by atoms with van der Waals surface area (Å²) in [7, 11) is 0. The Labute approximate surface area is 61.1 Å². The molecule has 0 N–H and O–H groups in total. The van der Waals surface area contributed by atoms with Gasteiger partial charge < -0.3 is 9.47 Å². The third-order valence-electron chi connectivity index (χ3n) is 1.20. The Hall–Kier alpha value is -0.920. The molecule has 0 aromatic heterocycles. The normalized spacial score (nSPS) is 20.8. The van der Waals surface area contributed by atoms with E-state index in [1.807, 2.05) is 13.8 Å². The van der Waals surface area contributed by atoms with Gasteiger partial charge in [0.15, 0.2) is 0 Å². The fraction of sp³-hybridized carbons (Fsp3) is 0.500. The van der Waals surface area contributed by atoms with Gasteiger partial charge in [0.25, 0.3) is 0 Å². The van der Waals surface area contributed by atoms with Crippen molar-refractivity contribution in [2.75, 3.05) is 0 Å². The van der Waals surface area contributed by atoms with Crippen LogP contribution in [0.2, 0.25) is 0 Å². The van der Waals surface area contributed by atoms with Crippen molar-refractivity contribution in [1.29, 1.82) is 0 Å². The first kappa shape index (κ1) is 7.19. The molecule has 0 fully saturated rings. The second kappa shape index (κ2) is 2.37. The van der Waals surface area contributed by atoms with E-state index in [4.69, 9.17) is 9.47 Å². The largest absolute Gasteiger partial charge is 0.457 e. The van der Waals surface area contributed by atoms with Crippen LogP contribution in [0.15, 0.2) is 24.7 Å². The molecule has 0 spiro atoms. The van der Waals surface area contributed by atoms with E-state index in [-0.39, 0.29) is 0 Å². The first-order valence-electron chi connectivity index (χ1n) is 3.31. The molecule has 10 heavy (non-hydrogen) atoms. The molecule has 1 heterocycles. The van der Waals surface area contributed by atoms with Crippen LogP contribution in [0.5, 0.6) is 0 Å². The van der Waals surface area contributed by atoms with Crippen molar-refractivity contribution in [3.8, 4) is 0 Å². The second-order valence-corrected chi connectivity index (χ2v) is 2.70. The van der Waals surface area contributed by atoms with Crippen LogP contribution in [0.1, 0.15) is 20.3 Å². The summed E-state index contributed by atoms with van der Waals surface area (Å²) in [5.74, 6) is 0.373. The van der Waals surface area contributed by atoms with Crippen LogP contribution < -0.4 is 0 Å². The molecule has 0 amide bonds. The maximum atomic E-state index is 5.36. The Morgan fingerprint density at radius 3 is 2.80 bits per heavy atom. The molecule has 0 saturated carbocycles. The van der Waals surface area contributed by atoms with Crippen LogP contribution in [-0.4, -0.2) is 5.79 Å². The number of ether oxygens (including phenoxy) is 2. The molecule has 0 aromatic carbocycles. The lowest BCUT2D eigenvalue weighted by molar-refractivity contribution is -0.116. The molecule has 2 nitrogen and oxygen atoms in total. The lowest BCUT2D eigenvalue weighted by atomic mass is 10.3. The highest BCUT2D eigenvalue weighted by Crippen LogP contribution is 2.25. The minimum Gasteiger partial charge on any atom is -0.457 e. The van der Waals surface area contributed by atoms with E-state index in [2.05, 4.69) is 6.58 Å². The zero-order valence-corrected chi connectivity index (χ0v) is 6.39. The average molecular weight is 140 g/mol. The van der Waals surface area contributed by atoms with Gasteiger partial charge in [-0.2, -0.15) is 0 Å². The quantitative estimate of drug-likeness (QED) is 0.547. The highest BCUT2D eigenvalue weighted by molar-refractivity contribution is 4.99. The third-order valence-corrected chi connectivity index (χ3v) is 1.20. The van der Waals surface area contributed by atoms with E-state index < -0.39 is 5.79 Å². The summed E-state index contributed by atoms with van der Waals surface area (Å²) in [5.41, 5.74) is 0. The van der Waals surface area contributed by atoms with Gasteiger partial charge in [-0.15, -0.1) is 6.58 Å². The fourth-order valence-electron chi connectivity index (χ4n) is 0.803. The molecule has 0 saturated heterocycles. The zero-order valence-electron chi connectivity index (χ0n) is 6.39. The van der Waals surface area contributed by atoms with Crippen LogP contribution in [0.3, 0.4) is 0 Å². The van der Waals surface area contributed by atoms with Crippen molar-refractivity contribution >= 4 is 0 Å². The van der Waals surface area contributed by atoms with E-state index in [1.54, 1.807) is 12.3 Å². The maximum absolute atomic E-state index is 5.36. The highest BCUT2D eigenvalue weighted by Gasteiger charge is 2.26. The Balaban J connectivity index is 2.46. The number of hydrogen-bond acceptors (Lipinski definition) is 2. The highest BCUT2D eigenvalue weighted by atomic mass is 16.7. The van der Waals surface area contributed by atoms with Gasteiger partial charge in [-0.3, -0.25) is 0 Å².